The molecule has 3 nitrogen and oxygen atoms in total. The predicted molar refractivity (Wildman–Crippen MR) is 147 cm³/mol. The normalized spacial score (nSPS) is 13.1. The Morgan fingerprint density at radius 3 is 1.81 bits per heavy atom. The van der Waals surface area contributed by atoms with E-state index >= 15 is 0 Å². The minimum Gasteiger partial charge on any atom is -0.481 e. The van der Waals surface area contributed by atoms with Gasteiger partial charge in [0, 0.05) is 5.41 Å². The Morgan fingerprint density at radius 1 is 0.810 bits per heavy atom. The summed E-state index contributed by atoms with van der Waals surface area (Å²) < 4.78 is 93.1. The summed E-state index contributed by atoms with van der Waals surface area (Å²) in [5.74, 6) is -1.76. The summed E-state index contributed by atoms with van der Waals surface area (Å²) in [7, 11) is 0. The molecule has 10 heteroatoms. The Labute approximate surface area is 239 Å². The van der Waals surface area contributed by atoms with Crippen molar-refractivity contribution in [3.63, 3.8) is 0 Å². The van der Waals surface area contributed by atoms with Gasteiger partial charge < -0.3 is 10.2 Å². The number of aliphatic hydroxyl groups is 1. The summed E-state index contributed by atoms with van der Waals surface area (Å²) in [4.78, 5) is 11.0. The van der Waals surface area contributed by atoms with Crippen LogP contribution in [0.2, 0.25) is 0 Å². The van der Waals surface area contributed by atoms with Crippen LogP contribution in [0.5, 0.6) is 0 Å². The standard InChI is InChI=1S/C32H31F7O3/c1-5-29(6-2,24-10-9-21(19(3)15-24)13-14-30(42,31(34,35)36)32(37,38)39)25-11-12-26(20(4)16-25)22-7-8-23(18-28(40)41)27(33)17-22/h7-17,42H,5-6,18H2,1-4H3,(H,40,41). The fourth-order valence-electron chi connectivity index (χ4n) is 5.26. The second-order valence-corrected chi connectivity index (χ2v) is 10.4. The van der Waals surface area contributed by atoms with Gasteiger partial charge in [0.25, 0.3) is 5.60 Å². The lowest BCUT2D eigenvalue weighted by Crippen LogP contribution is -2.55. The van der Waals surface area contributed by atoms with Crippen LogP contribution in [0, 0.1) is 19.7 Å². The van der Waals surface area contributed by atoms with Crippen molar-refractivity contribution in [3.05, 3.63) is 99.9 Å². The summed E-state index contributed by atoms with van der Waals surface area (Å²) in [6.07, 6.45) is -10.7. The smallest absolute Gasteiger partial charge is 0.430 e. The predicted octanol–water partition coefficient (Wildman–Crippen LogP) is 8.71. The molecule has 0 heterocycles. The molecule has 0 unspecified atom stereocenters. The highest BCUT2D eigenvalue weighted by atomic mass is 19.4. The van der Waals surface area contributed by atoms with Crippen molar-refractivity contribution in [1.29, 1.82) is 0 Å². The molecule has 0 atom stereocenters. The van der Waals surface area contributed by atoms with Crippen LogP contribution in [0.1, 0.15) is 60.1 Å². The molecule has 0 aliphatic heterocycles. The Bertz CT molecular complexity index is 1470. The van der Waals surface area contributed by atoms with Gasteiger partial charge in [-0.15, -0.1) is 0 Å². The minimum atomic E-state index is -5.95. The van der Waals surface area contributed by atoms with E-state index in [2.05, 4.69) is 0 Å². The molecule has 0 bridgehead atoms. The third-order valence-corrected chi connectivity index (χ3v) is 7.88. The number of hydrogen-bond donors (Lipinski definition) is 2. The van der Waals surface area contributed by atoms with Gasteiger partial charge in [-0.1, -0.05) is 68.5 Å². The van der Waals surface area contributed by atoms with Gasteiger partial charge in [-0.2, -0.15) is 26.3 Å². The molecule has 3 aromatic carbocycles. The van der Waals surface area contributed by atoms with Gasteiger partial charge in [0.1, 0.15) is 5.82 Å². The van der Waals surface area contributed by atoms with Crippen molar-refractivity contribution in [2.24, 2.45) is 0 Å². The summed E-state index contributed by atoms with van der Waals surface area (Å²) in [6, 6.07) is 14.9. The van der Waals surface area contributed by atoms with Crippen molar-refractivity contribution in [1.82, 2.24) is 0 Å². The molecule has 0 fully saturated rings. The SMILES string of the molecule is CCC(CC)(c1ccc(C=CC(O)(C(F)(F)F)C(F)(F)F)c(C)c1)c1ccc(-c2ccc(CC(=O)O)c(F)c2)c(C)c1. The topological polar surface area (TPSA) is 57.5 Å². The summed E-state index contributed by atoms with van der Waals surface area (Å²) >= 11 is 0. The van der Waals surface area contributed by atoms with E-state index in [1.807, 2.05) is 39.0 Å². The molecule has 42 heavy (non-hydrogen) atoms. The largest absolute Gasteiger partial charge is 0.481 e. The molecule has 0 saturated carbocycles. The zero-order chi connectivity index (χ0) is 31.7. The zero-order valence-electron chi connectivity index (χ0n) is 23.4. The maximum Gasteiger partial charge on any atom is 0.430 e. The number of benzene rings is 3. The highest BCUT2D eigenvalue weighted by molar-refractivity contribution is 5.72. The Hall–Kier alpha value is -3.66. The van der Waals surface area contributed by atoms with Gasteiger partial charge in [0.05, 0.1) is 6.42 Å². The van der Waals surface area contributed by atoms with Gasteiger partial charge in [0.2, 0.25) is 0 Å². The fraction of sp³-hybridized carbons (Fsp3) is 0.344. The Kier molecular flexibility index (Phi) is 9.32. The van der Waals surface area contributed by atoms with Gasteiger partial charge in [0.15, 0.2) is 0 Å². The van der Waals surface area contributed by atoms with E-state index in [1.165, 1.54) is 18.2 Å². The van der Waals surface area contributed by atoms with Crippen LogP contribution >= 0.6 is 0 Å². The lowest BCUT2D eigenvalue weighted by molar-refractivity contribution is -0.347. The average molecular weight is 597 g/mol. The number of hydrogen-bond acceptors (Lipinski definition) is 2. The van der Waals surface area contributed by atoms with Crippen LogP contribution in [0.25, 0.3) is 17.2 Å². The lowest BCUT2D eigenvalue weighted by atomic mass is 9.69. The molecule has 2 N–H and O–H groups in total. The van der Waals surface area contributed by atoms with Gasteiger partial charge >= 0.3 is 18.3 Å². The number of alkyl halides is 6. The van der Waals surface area contributed by atoms with E-state index < -0.39 is 41.6 Å². The van der Waals surface area contributed by atoms with Crippen molar-refractivity contribution in [3.8, 4) is 11.1 Å². The third-order valence-electron chi connectivity index (χ3n) is 7.88. The maximum atomic E-state index is 14.5. The summed E-state index contributed by atoms with van der Waals surface area (Å²) in [5.41, 5.74) is -1.06. The van der Waals surface area contributed by atoms with E-state index in [9.17, 15) is 40.6 Å². The molecular formula is C32H31F7O3. The zero-order valence-corrected chi connectivity index (χ0v) is 23.4. The van der Waals surface area contributed by atoms with Crippen LogP contribution < -0.4 is 0 Å². The highest BCUT2D eigenvalue weighted by Gasteiger charge is 2.68. The number of aliphatic carboxylic acids is 1. The number of carboxylic acid groups (broad SMARTS) is 1. The van der Waals surface area contributed by atoms with Gasteiger partial charge in [-0.3, -0.25) is 4.79 Å². The molecule has 226 valence electrons. The number of rotatable bonds is 9. The lowest BCUT2D eigenvalue weighted by Gasteiger charge is -2.34. The Morgan fingerprint density at radius 2 is 1.36 bits per heavy atom. The second-order valence-electron chi connectivity index (χ2n) is 10.4. The molecule has 3 rings (SSSR count). The molecule has 0 saturated heterocycles. The molecule has 0 aliphatic carbocycles. The fourth-order valence-corrected chi connectivity index (χ4v) is 5.26. The van der Waals surface area contributed by atoms with Crippen LogP contribution in [0.4, 0.5) is 30.7 Å². The number of carbonyl (C=O) groups is 1. The first kappa shape index (κ1) is 32.8. The Balaban J connectivity index is 2.01. The highest BCUT2D eigenvalue weighted by Crippen LogP contribution is 2.45. The van der Waals surface area contributed by atoms with Crippen LogP contribution in [-0.2, 0) is 16.6 Å². The summed E-state index contributed by atoms with van der Waals surface area (Å²) in [5, 5.41) is 18.4. The summed E-state index contributed by atoms with van der Waals surface area (Å²) in [6.45, 7) is 7.37. The molecule has 0 amide bonds. The minimum absolute atomic E-state index is 0.0756. The van der Waals surface area contributed by atoms with Crippen molar-refractivity contribution < 1.29 is 45.7 Å². The van der Waals surface area contributed by atoms with E-state index in [0.29, 0.717) is 30.0 Å². The van der Waals surface area contributed by atoms with Crippen molar-refractivity contribution >= 4 is 12.0 Å². The first-order valence-corrected chi connectivity index (χ1v) is 13.2. The maximum absolute atomic E-state index is 14.5. The number of halogens is 7. The van der Waals surface area contributed by atoms with Crippen molar-refractivity contribution in [2.45, 2.75) is 70.3 Å². The van der Waals surface area contributed by atoms with Gasteiger partial charge in [-0.25, -0.2) is 4.39 Å². The molecule has 0 aromatic heterocycles. The van der Waals surface area contributed by atoms with E-state index in [4.69, 9.17) is 5.11 Å². The van der Waals surface area contributed by atoms with Crippen LogP contribution in [-0.4, -0.2) is 34.1 Å². The monoisotopic (exact) mass is 596 g/mol. The quantitative estimate of drug-likeness (QED) is 0.243. The first-order chi connectivity index (χ1) is 19.4. The number of carboxylic acids is 1. The van der Waals surface area contributed by atoms with Crippen LogP contribution in [0.3, 0.4) is 0 Å². The van der Waals surface area contributed by atoms with Crippen molar-refractivity contribution in [2.75, 3.05) is 0 Å². The molecule has 0 radical (unpaired) electrons. The molecule has 0 aliphatic rings. The molecule has 0 spiro atoms. The van der Waals surface area contributed by atoms with E-state index in [0.717, 1.165) is 22.3 Å². The number of aryl methyl sites for hydroxylation is 2. The molecule has 3 aromatic rings. The first-order valence-electron chi connectivity index (χ1n) is 13.2. The third kappa shape index (κ3) is 6.23. The second kappa shape index (κ2) is 11.9. The van der Waals surface area contributed by atoms with Crippen LogP contribution in [0.15, 0.2) is 60.7 Å². The van der Waals surface area contributed by atoms with E-state index in [1.54, 1.807) is 25.1 Å². The van der Waals surface area contributed by atoms with E-state index in [-0.39, 0.29) is 17.2 Å². The molecular weight excluding hydrogens is 565 g/mol. The van der Waals surface area contributed by atoms with Gasteiger partial charge in [-0.05, 0) is 83.3 Å². The average Bonchev–Trinajstić information content (AvgIpc) is 2.89.